The first kappa shape index (κ1) is 20.6. The molecule has 1 atom stereocenters. The highest BCUT2D eigenvalue weighted by atomic mass is 32.1. The summed E-state index contributed by atoms with van der Waals surface area (Å²) in [6, 6.07) is 13.7. The smallest absolute Gasteiger partial charge is 0.273 e. The van der Waals surface area contributed by atoms with E-state index in [1.165, 1.54) is 5.56 Å². The van der Waals surface area contributed by atoms with Crippen LogP contribution in [0.3, 0.4) is 0 Å². The molecule has 0 saturated heterocycles. The molecule has 158 valence electrons. The van der Waals surface area contributed by atoms with E-state index in [4.69, 9.17) is 14.5 Å². The maximum atomic E-state index is 13.5. The Labute approximate surface area is 181 Å². The Balaban J connectivity index is 1.60. The molecule has 2 aromatic carbocycles. The van der Waals surface area contributed by atoms with Crippen molar-refractivity contribution >= 4 is 32.6 Å². The number of ether oxygens (including phenoxy) is 2. The van der Waals surface area contributed by atoms with Gasteiger partial charge in [-0.25, -0.2) is 4.98 Å². The van der Waals surface area contributed by atoms with Gasteiger partial charge in [0.15, 0.2) is 16.6 Å². The van der Waals surface area contributed by atoms with Crippen LogP contribution < -0.4 is 14.4 Å². The van der Waals surface area contributed by atoms with E-state index in [2.05, 4.69) is 24.0 Å². The van der Waals surface area contributed by atoms with E-state index in [0.29, 0.717) is 23.2 Å². The lowest BCUT2D eigenvalue weighted by atomic mass is 10.2. The van der Waals surface area contributed by atoms with E-state index in [0.717, 1.165) is 29.6 Å². The molecule has 0 fully saturated rings. The van der Waals surface area contributed by atoms with Gasteiger partial charge in [0, 0.05) is 6.54 Å². The van der Waals surface area contributed by atoms with Crippen LogP contribution in [0.15, 0.2) is 42.5 Å². The van der Waals surface area contributed by atoms with Crippen LogP contribution in [0, 0.1) is 0 Å². The third-order valence-corrected chi connectivity index (χ3v) is 6.16. The fraction of sp³-hybridized carbons (Fsp3) is 0.391. The third-order valence-electron chi connectivity index (χ3n) is 5.12. The van der Waals surface area contributed by atoms with Gasteiger partial charge in [0.05, 0.1) is 10.2 Å². The Hall–Kier alpha value is -2.64. The fourth-order valence-corrected chi connectivity index (χ4v) is 4.51. The van der Waals surface area contributed by atoms with Gasteiger partial charge in [-0.05, 0) is 63.3 Å². The molecular formula is C23H27N3O3S. The van der Waals surface area contributed by atoms with Crippen LogP contribution >= 0.6 is 11.3 Å². The van der Waals surface area contributed by atoms with Gasteiger partial charge >= 0.3 is 0 Å². The predicted octanol–water partition coefficient (Wildman–Crippen LogP) is 3.98. The Kier molecular flexibility index (Phi) is 6.20. The highest BCUT2D eigenvalue weighted by Gasteiger charge is 2.33. The summed E-state index contributed by atoms with van der Waals surface area (Å²) in [5.41, 5.74) is 2.19. The van der Waals surface area contributed by atoms with Crippen molar-refractivity contribution < 1.29 is 14.3 Å². The summed E-state index contributed by atoms with van der Waals surface area (Å²) in [4.78, 5) is 22.1. The number of para-hydroxylation sites is 2. The quantitative estimate of drug-likeness (QED) is 0.573. The Bertz CT molecular complexity index is 1030. The van der Waals surface area contributed by atoms with E-state index in [1.807, 2.05) is 44.4 Å². The molecule has 6 nitrogen and oxygen atoms in total. The number of aryl methyl sites for hydroxylation is 1. The topological polar surface area (TPSA) is 54.9 Å². The summed E-state index contributed by atoms with van der Waals surface area (Å²) in [5.74, 6) is 1.16. The summed E-state index contributed by atoms with van der Waals surface area (Å²) in [7, 11) is 4.07. The first-order valence-electron chi connectivity index (χ1n) is 10.3. The van der Waals surface area contributed by atoms with Gasteiger partial charge in [0.2, 0.25) is 6.10 Å². The van der Waals surface area contributed by atoms with Crippen molar-refractivity contribution in [1.82, 2.24) is 9.88 Å². The number of hydrogen-bond acceptors (Lipinski definition) is 6. The van der Waals surface area contributed by atoms with Gasteiger partial charge in [-0.3, -0.25) is 9.69 Å². The van der Waals surface area contributed by atoms with Crippen LogP contribution in [-0.2, 0) is 11.2 Å². The summed E-state index contributed by atoms with van der Waals surface area (Å²) >= 11 is 1.56. The minimum Gasteiger partial charge on any atom is -0.485 e. The molecule has 1 amide bonds. The van der Waals surface area contributed by atoms with Gasteiger partial charge in [-0.2, -0.15) is 0 Å². The minimum atomic E-state index is -0.683. The molecule has 2 heterocycles. The van der Waals surface area contributed by atoms with E-state index >= 15 is 0 Å². The fourth-order valence-electron chi connectivity index (χ4n) is 3.45. The molecule has 0 N–H and O–H groups in total. The second-order valence-electron chi connectivity index (χ2n) is 7.66. The SMILES string of the molecule is CCc1ccc2nc(N(CCCN(C)C)C(=O)C3COc4ccccc4O3)sc2c1. The number of thiazole rings is 1. The van der Waals surface area contributed by atoms with Crippen molar-refractivity contribution in [2.24, 2.45) is 0 Å². The summed E-state index contributed by atoms with van der Waals surface area (Å²) in [6.45, 7) is 3.81. The van der Waals surface area contributed by atoms with Crippen molar-refractivity contribution in [2.75, 3.05) is 38.7 Å². The van der Waals surface area contributed by atoms with Crippen LogP contribution in [0.2, 0.25) is 0 Å². The standard InChI is InChI=1S/C23H27N3O3S/c1-4-16-10-11-17-21(14-16)30-23(24-17)26(13-7-12-25(2)3)22(27)20-15-28-18-8-5-6-9-19(18)29-20/h5-6,8-11,14,20H,4,7,12-13,15H2,1-3H3. The molecule has 1 aliphatic rings. The molecule has 0 bridgehead atoms. The Morgan fingerprint density at radius 1 is 1.17 bits per heavy atom. The molecule has 0 spiro atoms. The number of hydrogen-bond donors (Lipinski definition) is 0. The molecule has 1 unspecified atom stereocenters. The molecule has 4 rings (SSSR count). The second-order valence-corrected chi connectivity index (χ2v) is 8.67. The van der Waals surface area contributed by atoms with E-state index < -0.39 is 6.10 Å². The third kappa shape index (κ3) is 4.42. The number of aromatic nitrogens is 1. The number of rotatable bonds is 7. The van der Waals surface area contributed by atoms with Crippen LogP contribution in [-0.4, -0.2) is 55.7 Å². The highest BCUT2D eigenvalue weighted by Crippen LogP contribution is 2.34. The maximum absolute atomic E-state index is 13.5. The molecular weight excluding hydrogens is 398 g/mol. The largest absolute Gasteiger partial charge is 0.485 e. The first-order chi connectivity index (χ1) is 14.5. The number of fused-ring (bicyclic) bond motifs is 2. The molecule has 0 saturated carbocycles. The van der Waals surface area contributed by atoms with Gasteiger partial charge in [0.1, 0.15) is 6.61 Å². The Morgan fingerprint density at radius 3 is 2.73 bits per heavy atom. The summed E-state index contributed by atoms with van der Waals surface area (Å²) in [5, 5.41) is 0.712. The number of anilines is 1. The van der Waals surface area contributed by atoms with E-state index in [9.17, 15) is 4.79 Å². The highest BCUT2D eigenvalue weighted by molar-refractivity contribution is 7.22. The van der Waals surface area contributed by atoms with Crippen LogP contribution in [0.1, 0.15) is 18.9 Å². The monoisotopic (exact) mass is 425 g/mol. The lowest BCUT2D eigenvalue weighted by Gasteiger charge is -2.29. The van der Waals surface area contributed by atoms with Gasteiger partial charge < -0.3 is 14.4 Å². The zero-order valence-electron chi connectivity index (χ0n) is 17.6. The molecule has 3 aromatic rings. The lowest BCUT2D eigenvalue weighted by molar-refractivity contribution is -0.127. The molecule has 0 aliphatic carbocycles. The number of amides is 1. The summed E-state index contributed by atoms with van der Waals surface area (Å²) in [6.07, 6.45) is 1.14. The Morgan fingerprint density at radius 2 is 1.97 bits per heavy atom. The summed E-state index contributed by atoms with van der Waals surface area (Å²) < 4.78 is 12.9. The molecule has 7 heteroatoms. The second kappa shape index (κ2) is 9.02. The van der Waals surface area contributed by atoms with Crippen molar-refractivity contribution in [1.29, 1.82) is 0 Å². The number of carbonyl (C=O) groups excluding carboxylic acids is 1. The average Bonchev–Trinajstić information content (AvgIpc) is 3.18. The van der Waals surface area contributed by atoms with E-state index in [1.54, 1.807) is 16.2 Å². The van der Waals surface area contributed by atoms with Crippen molar-refractivity contribution in [2.45, 2.75) is 25.9 Å². The predicted molar refractivity (Wildman–Crippen MR) is 121 cm³/mol. The maximum Gasteiger partial charge on any atom is 0.273 e. The van der Waals surface area contributed by atoms with Crippen LogP contribution in [0.5, 0.6) is 11.5 Å². The van der Waals surface area contributed by atoms with Gasteiger partial charge in [0.25, 0.3) is 5.91 Å². The molecule has 1 aliphatic heterocycles. The first-order valence-corrected chi connectivity index (χ1v) is 11.1. The lowest BCUT2D eigenvalue weighted by Crippen LogP contribution is -2.47. The molecule has 0 radical (unpaired) electrons. The number of benzene rings is 2. The normalized spacial score (nSPS) is 15.5. The number of carbonyl (C=O) groups is 1. The number of nitrogens with zero attached hydrogens (tertiary/aromatic N) is 3. The van der Waals surface area contributed by atoms with Crippen LogP contribution in [0.25, 0.3) is 10.2 Å². The van der Waals surface area contributed by atoms with Gasteiger partial charge in [-0.15, -0.1) is 0 Å². The van der Waals surface area contributed by atoms with Gasteiger partial charge in [-0.1, -0.05) is 36.5 Å². The molecule has 1 aromatic heterocycles. The molecule has 30 heavy (non-hydrogen) atoms. The zero-order chi connectivity index (χ0) is 21.1. The van der Waals surface area contributed by atoms with E-state index in [-0.39, 0.29) is 12.5 Å². The van der Waals surface area contributed by atoms with Crippen molar-refractivity contribution in [3.8, 4) is 11.5 Å². The van der Waals surface area contributed by atoms with Crippen molar-refractivity contribution in [3.05, 3.63) is 48.0 Å². The van der Waals surface area contributed by atoms with Crippen LogP contribution in [0.4, 0.5) is 5.13 Å². The van der Waals surface area contributed by atoms with Crippen molar-refractivity contribution in [3.63, 3.8) is 0 Å². The average molecular weight is 426 g/mol. The zero-order valence-corrected chi connectivity index (χ0v) is 18.4. The minimum absolute atomic E-state index is 0.113.